The Balaban J connectivity index is 1.66. The average molecular weight is 462 g/mol. The molecule has 3 N–H and O–H groups in total. The van der Waals surface area contributed by atoms with E-state index in [1.54, 1.807) is 24.3 Å². The highest BCUT2D eigenvalue weighted by atomic mass is 16.6. The molecule has 12 heteroatoms. The predicted molar refractivity (Wildman–Crippen MR) is 123 cm³/mol. The standard InChI is InChI=1S/C22H22N8O4/c1-3-32-16-11-9-14(10-12-16)19-18(25-29-30(19)21-20(23)27-34-28-21)22(31)26-24-13-15-7-5-6-8-17(15)33-4-2/h5-13H,3-4H2,1-2H3,(H2,23,27)(H,26,31)/b24-13-. The second-order valence-electron chi connectivity index (χ2n) is 6.80. The normalized spacial score (nSPS) is 11.0. The molecule has 1 amide bonds. The first kappa shape index (κ1) is 22.5. The van der Waals surface area contributed by atoms with Gasteiger partial charge in [0.2, 0.25) is 11.6 Å². The van der Waals surface area contributed by atoms with E-state index in [2.05, 4.69) is 35.8 Å². The van der Waals surface area contributed by atoms with E-state index in [1.807, 2.05) is 38.1 Å². The van der Waals surface area contributed by atoms with Crippen molar-refractivity contribution in [2.24, 2.45) is 5.10 Å². The van der Waals surface area contributed by atoms with E-state index in [0.29, 0.717) is 41.5 Å². The van der Waals surface area contributed by atoms with E-state index in [1.165, 1.54) is 10.9 Å². The zero-order valence-corrected chi connectivity index (χ0v) is 18.5. The molecule has 0 bridgehead atoms. The molecule has 12 nitrogen and oxygen atoms in total. The molecule has 34 heavy (non-hydrogen) atoms. The number of aromatic nitrogens is 5. The van der Waals surface area contributed by atoms with Crippen molar-refractivity contribution in [2.45, 2.75) is 13.8 Å². The molecule has 2 aromatic carbocycles. The van der Waals surface area contributed by atoms with Gasteiger partial charge in [-0.05, 0) is 60.6 Å². The summed E-state index contributed by atoms with van der Waals surface area (Å²) in [6.45, 7) is 4.81. The molecule has 4 aromatic rings. The first-order chi connectivity index (χ1) is 16.6. The molecule has 0 aliphatic carbocycles. The van der Waals surface area contributed by atoms with Gasteiger partial charge in [-0.2, -0.15) is 9.78 Å². The Morgan fingerprint density at radius 2 is 1.88 bits per heavy atom. The highest BCUT2D eigenvalue weighted by molar-refractivity contribution is 5.99. The van der Waals surface area contributed by atoms with E-state index in [0.717, 1.165) is 0 Å². The molecule has 2 heterocycles. The van der Waals surface area contributed by atoms with Gasteiger partial charge in [0, 0.05) is 11.1 Å². The summed E-state index contributed by atoms with van der Waals surface area (Å²) in [5.74, 6) is 0.837. The lowest BCUT2D eigenvalue weighted by atomic mass is 10.1. The maximum atomic E-state index is 13.0. The smallest absolute Gasteiger partial charge is 0.294 e. The van der Waals surface area contributed by atoms with Gasteiger partial charge in [0.1, 0.15) is 17.2 Å². The number of nitrogens with zero attached hydrogens (tertiary/aromatic N) is 6. The van der Waals surface area contributed by atoms with Crippen LogP contribution in [0.2, 0.25) is 0 Å². The number of hydrazone groups is 1. The van der Waals surface area contributed by atoms with Gasteiger partial charge in [0.15, 0.2) is 5.69 Å². The van der Waals surface area contributed by atoms with E-state index >= 15 is 0 Å². The van der Waals surface area contributed by atoms with E-state index in [4.69, 9.17) is 15.2 Å². The van der Waals surface area contributed by atoms with Crippen molar-refractivity contribution >= 4 is 17.9 Å². The highest BCUT2D eigenvalue weighted by Gasteiger charge is 2.25. The lowest BCUT2D eigenvalue weighted by Gasteiger charge is -2.08. The Hall–Kier alpha value is -4.74. The molecule has 2 aromatic heterocycles. The number of nitrogen functional groups attached to an aromatic ring is 1. The number of carbonyl (C=O) groups is 1. The second-order valence-corrected chi connectivity index (χ2v) is 6.80. The molecule has 0 fully saturated rings. The molecule has 0 unspecified atom stereocenters. The van der Waals surface area contributed by atoms with Crippen LogP contribution < -0.4 is 20.6 Å². The zero-order valence-electron chi connectivity index (χ0n) is 18.5. The number of carbonyl (C=O) groups excluding carboxylic acids is 1. The van der Waals surface area contributed by atoms with E-state index in [-0.39, 0.29) is 17.3 Å². The summed E-state index contributed by atoms with van der Waals surface area (Å²) in [6.07, 6.45) is 1.49. The first-order valence-corrected chi connectivity index (χ1v) is 10.4. The molecule has 0 radical (unpaired) electrons. The summed E-state index contributed by atoms with van der Waals surface area (Å²) in [7, 11) is 0. The number of amides is 1. The molecule has 0 spiro atoms. The fourth-order valence-electron chi connectivity index (χ4n) is 3.14. The summed E-state index contributed by atoms with van der Waals surface area (Å²) < 4.78 is 17.0. The van der Waals surface area contributed by atoms with Gasteiger partial charge < -0.3 is 15.2 Å². The number of hydrogen-bond acceptors (Lipinski definition) is 10. The fourth-order valence-corrected chi connectivity index (χ4v) is 3.14. The number of nitrogens with one attached hydrogen (secondary N) is 1. The summed E-state index contributed by atoms with van der Waals surface area (Å²) in [6, 6.07) is 14.4. The Labute approximate surface area is 194 Å². The predicted octanol–water partition coefficient (Wildman–Crippen LogP) is 2.46. The lowest BCUT2D eigenvalue weighted by molar-refractivity contribution is 0.0950. The van der Waals surface area contributed by atoms with Crippen LogP contribution in [0, 0.1) is 0 Å². The minimum atomic E-state index is -0.588. The number of para-hydroxylation sites is 1. The summed E-state index contributed by atoms with van der Waals surface area (Å²) in [5, 5.41) is 19.5. The number of rotatable bonds is 9. The minimum absolute atomic E-state index is 0.00167. The van der Waals surface area contributed by atoms with Gasteiger partial charge in [-0.25, -0.2) is 10.1 Å². The Kier molecular flexibility index (Phi) is 6.77. The SMILES string of the molecule is CCOc1ccc(-c2c(C(=O)N/N=C\c3ccccc3OCC)nnn2-c2nonc2N)cc1. The molecule has 0 atom stereocenters. The quantitative estimate of drug-likeness (QED) is 0.282. The lowest BCUT2D eigenvalue weighted by Crippen LogP contribution is -2.19. The number of ether oxygens (including phenoxy) is 2. The third kappa shape index (κ3) is 4.70. The van der Waals surface area contributed by atoms with Gasteiger partial charge in [-0.3, -0.25) is 4.79 Å². The van der Waals surface area contributed by atoms with Crippen LogP contribution >= 0.6 is 0 Å². The van der Waals surface area contributed by atoms with Crippen LogP contribution in [-0.2, 0) is 0 Å². The third-order valence-corrected chi connectivity index (χ3v) is 4.61. The van der Waals surface area contributed by atoms with Gasteiger partial charge in [0.05, 0.1) is 19.4 Å². The molecule has 0 saturated heterocycles. The molecular weight excluding hydrogens is 440 g/mol. The van der Waals surface area contributed by atoms with Crippen LogP contribution in [0.3, 0.4) is 0 Å². The van der Waals surface area contributed by atoms with Gasteiger partial charge in [-0.15, -0.1) is 5.10 Å². The van der Waals surface area contributed by atoms with Crippen molar-refractivity contribution in [2.75, 3.05) is 18.9 Å². The number of hydrogen-bond donors (Lipinski definition) is 2. The van der Waals surface area contributed by atoms with E-state index < -0.39 is 5.91 Å². The van der Waals surface area contributed by atoms with Crippen LogP contribution in [0.4, 0.5) is 5.82 Å². The first-order valence-electron chi connectivity index (χ1n) is 10.4. The third-order valence-electron chi connectivity index (χ3n) is 4.61. The summed E-state index contributed by atoms with van der Waals surface area (Å²) in [5.41, 5.74) is 9.97. The average Bonchev–Trinajstić information content (AvgIpc) is 3.47. The number of nitrogens with two attached hydrogens (primary N) is 1. The Morgan fingerprint density at radius 3 is 2.59 bits per heavy atom. The summed E-state index contributed by atoms with van der Waals surface area (Å²) >= 11 is 0. The second kappa shape index (κ2) is 10.3. The Morgan fingerprint density at radius 1 is 1.12 bits per heavy atom. The molecule has 174 valence electrons. The van der Waals surface area contributed by atoms with Gasteiger partial charge in [0.25, 0.3) is 5.91 Å². The highest BCUT2D eigenvalue weighted by Crippen LogP contribution is 2.28. The summed E-state index contributed by atoms with van der Waals surface area (Å²) in [4.78, 5) is 13.0. The zero-order chi connectivity index (χ0) is 23.9. The fraction of sp³-hybridized carbons (Fsp3) is 0.182. The van der Waals surface area contributed by atoms with Gasteiger partial charge in [-0.1, -0.05) is 17.3 Å². The molecule has 4 rings (SSSR count). The van der Waals surface area contributed by atoms with Crippen LogP contribution in [0.25, 0.3) is 17.1 Å². The van der Waals surface area contributed by atoms with Crippen molar-refractivity contribution < 1.29 is 18.9 Å². The Bertz CT molecular complexity index is 1300. The molecule has 0 aliphatic rings. The van der Waals surface area contributed by atoms with Crippen molar-refractivity contribution in [3.05, 3.63) is 59.8 Å². The van der Waals surface area contributed by atoms with Crippen LogP contribution in [0.15, 0.2) is 58.3 Å². The number of benzene rings is 2. The maximum Gasteiger partial charge on any atom is 0.294 e. The van der Waals surface area contributed by atoms with Crippen molar-refractivity contribution in [1.82, 2.24) is 30.7 Å². The van der Waals surface area contributed by atoms with Gasteiger partial charge >= 0.3 is 0 Å². The monoisotopic (exact) mass is 462 g/mol. The van der Waals surface area contributed by atoms with E-state index in [9.17, 15) is 4.79 Å². The number of anilines is 1. The van der Waals surface area contributed by atoms with Crippen molar-refractivity contribution in [3.8, 4) is 28.6 Å². The molecular formula is C22H22N8O4. The molecule has 0 aliphatic heterocycles. The largest absolute Gasteiger partial charge is 0.494 e. The molecule has 0 saturated carbocycles. The minimum Gasteiger partial charge on any atom is -0.494 e. The van der Waals surface area contributed by atoms with Crippen LogP contribution in [0.5, 0.6) is 11.5 Å². The topological polar surface area (TPSA) is 156 Å². The van der Waals surface area contributed by atoms with Crippen molar-refractivity contribution in [1.29, 1.82) is 0 Å². The van der Waals surface area contributed by atoms with Crippen molar-refractivity contribution in [3.63, 3.8) is 0 Å². The van der Waals surface area contributed by atoms with Crippen LogP contribution in [0.1, 0.15) is 29.9 Å². The maximum absolute atomic E-state index is 13.0. The van der Waals surface area contributed by atoms with Crippen LogP contribution in [-0.4, -0.2) is 50.6 Å².